The van der Waals surface area contributed by atoms with Crippen molar-refractivity contribution in [3.63, 3.8) is 0 Å². The van der Waals surface area contributed by atoms with Crippen molar-refractivity contribution in [2.75, 3.05) is 27.3 Å². The van der Waals surface area contributed by atoms with Crippen molar-refractivity contribution in [3.05, 3.63) is 23.8 Å². The summed E-state index contributed by atoms with van der Waals surface area (Å²) < 4.78 is 10.8. The van der Waals surface area contributed by atoms with Gasteiger partial charge in [-0.05, 0) is 51.4 Å². The van der Waals surface area contributed by atoms with Crippen LogP contribution >= 0.6 is 0 Å². The maximum Gasteiger partial charge on any atom is 0.123 e. The lowest BCUT2D eigenvalue weighted by atomic mass is 10.0. The predicted molar refractivity (Wildman–Crippen MR) is 79.4 cm³/mol. The minimum absolute atomic E-state index is 0.284. The van der Waals surface area contributed by atoms with E-state index in [2.05, 4.69) is 4.90 Å². The van der Waals surface area contributed by atoms with E-state index in [1.807, 2.05) is 32.0 Å². The topological polar surface area (TPSA) is 41.9 Å². The second-order valence-electron chi connectivity index (χ2n) is 6.05. The Kier molecular flexibility index (Phi) is 4.55. The standard InChI is InChI=1S/C16H25NO3/c1-16(2,18)11-17-9-5-6-14(17)13-10-12(19-3)7-8-15(13)20-4/h7-8,10,14,18H,5-6,9,11H2,1-4H3. The molecule has 1 aromatic rings. The Bertz CT molecular complexity index is 454. The van der Waals surface area contributed by atoms with Crippen LogP contribution in [-0.2, 0) is 0 Å². The first-order chi connectivity index (χ1) is 9.44. The molecule has 1 fully saturated rings. The maximum absolute atomic E-state index is 10.1. The van der Waals surface area contributed by atoms with E-state index in [0.717, 1.165) is 36.4 Å². The van der Waals surface area contributed by atoms with Crippen molar-refractivity contribution >= 4 is 0 Å². The Balaban J connectivity index is 2.28. The van der Waals surface area contributed by atoms with Crippen molar-refractivity contribution in [1.29, 1.82) is 0 Å². The maximum atomic E-state index is 10.1. The van der Waals surface area contributed by atoms with E-state index in [9.17, 15) is 5.11 Å². The Morgan fingerprint density at radius 3 is 2.65 bits per heavy atom. The zero-order chi connectivity index (χ0) is 14.8. The highest BCUT2D eigenvalue weighted by atomic mass is 16.5. The van der Waals surface area contributed by atoms with E-state index in [1.165, 1.54) is 0 Å². The van der Waals surface area contributed by atoms with Gasteiger partial charge >= 0.3 is 0 Å². The molecule has 1 N–H and O–H groups in total. The fourth-order valence-electron chi connectivity index (χ4n) is 2.96. The molecule has 1 aliphatic rings. The van der Waals surface area contributed by atoms with Gasteiger partial charge in [-0.1, -0.05) is 0 Å². The van der Waals surface area contributed by atoms with Gasteiger partial charge in [0.25, 0.3) is 0 Å². The molecule has 2 rings (SSSR count). The molecule has 0 aromatic heterocycles. The molecule has 0 aliphatic carbocycles. The summed E-state index contributed by atoms with van der Waals surface area (Å²) in [6.07, 6.45) is 2.22. The van der Waals surface area contributed by atoms with Gasteiger partial charge in [0.05, 0.1) is 19.8 Å². The second-order valence-corrected chi connectivity index (χ2v) is 6.05. The number of likely N-dealkylation sites (tertiary alicyclic amines) is 1. The molecular formula is C16H25NO3. The zero-order valence-electron chi connectivity index (χ0n) is 12.8. The molecule has 1 heterocycles. The molecule has 112 valence electrons. The van der Waals surface area contributed by atoms with Crippen LogP contribution in [0.5, 0.6) is 11.5 Å². The van der Waals surface area contributed by atoms with Crippen molar-refractivity contribution < 1.29 is 14.6 Å². The highest BCUT2D eigenvalue weighted by molar-refractivity contribution is 5.42. The minimum atomic E-state index is -0.686. The number of β-amino-alcohol motifs (C(OH)–C–C–N with tert-alkyl or cyclic N) is 1. The zero-order valence-corrected chi connectivity index (χ0v) is 12.8. The van der Waals surface area contributed by atoms with E-state index in [-0.39, 0.29) is 6.04 Å². The van der Waals surface area contributed by atoms with E-state index in [0.29, 0.717) is 6.54 Å². The third kappa shape index (κ3) is 3.44. The van der Waals surface area contributed by atoms with Crippen LogP contribution in [0.2, 0.25) is 0 Å². The van der Waals surface area contributed by atoms with Gasteiger partial charge in [-0.15, -0.1) is 0 Å². The largest absolute Gasteiger partial charge is 0.497 e. The van der Waals surface area contributed by atoms with E-state index in [4.69, 9.17) is 9.47 Å². The van der Waals surface area contributed by atoms with Gasteiger partial charge in [0.1, 0.15) is 11.5 Å². The van der Waals surface area contributed by atoms with Gasteiger partial charge < -0.3 is 14.6 Å². The number of rotatable bonds is 5. The van der Waals surface area contributed by atoms with Gasteiger partial charge in [0.15, 0.2) is 0 Å². The SMILES string of the molecule is COc1ccc(OC)c(C2CCCN2CC(C)(C)O)c1. The first-order valence-electron chi connectivity index (χ1n) is 7.13. The molecular weight excluding hydrogens is 254 g/mol. The average molecular weight is 279 g/mol. The lowest BCUT2D eigenvalue weighted by Crippen LogP contribution is -2.38. The van der Waals surface area contributed by atoms with Crippen LogP contribution in [0.15, 0.2) is 18.2 Å². The second kappa shape index (κ2) is 6.02. The van der Waals surface area contributed by atoms with Crippen molar-refractivity contribution in [1.82, 2.24) is 4.90 Å². The Labute approximate surface area is 121 Å². The summed E-state index contributed by atoms with van der Waals surface area (Å²) in [4.78, 5) is 2.33. The monoisotopic (exact) mass is 279 g/mol. The summed E-state index contributed by atoms with van der Waals surface area (Å²) in [5, 5.41) is 10.1. The van der Waals surface area contributed by atoms with E-state index >= 15 is 0 Å². The van der Waals surface area contributed by atoms with Crippen LogP contribution < -0.4 is 9.47 Å². The number of ether oxygens (including phenoxy) is 2. The molecule has 1 unspecified atom stereocenters. The van der Waals surface area contributed by atoms with Crippen LogP contribution in [0.3, 0.4) is 0 Å². The van der Waals surface area contributed by atoms with E-state index < -0.39 is 5.60 Å². The minimum Gasteiger partial charge on any atom is -0.497 e. The highest BCUT2D eigenvalue weighted by Gasteiger charge is 2.31. The third-order valence-electron chi connectivity index (χ3n) is 3.75. The normalized spacial score (nSPS) is 20.1. The van der Waals surface area contributed by atoms with Crippen LogP contribution in [0, 0.1) is 0 Å². The van der Waals surface area contributed by atoms with Crippen LogP contribution in [0.4, 0.5) is 0 Å². The number of nitrogens with zero attached hydrogens (tertiary/aromatic N) is 1. The smallest absolute Gasteiger partial charge is 0.123 e. The van der Waals surface area contributed by atoms with Crippen molar-refractivity contribution in [2.45, 2.75) is 38.3 Å². The molecule has 0 spiro atoms. The van der Waals surface area contributed by atoms with Crippen LogP contribution in [0.25, 0.3) is 0 Å². The molecule has 1 aliphatic heterocycles. The summed E-state index contributed by atoms with van der Waals surface area (Å²) in [5.41, 5.74) is 0.461. The highest BCUT2D eigenvalue weighted by Crippen LogP contribution is 2.39. The quantitative estimate of drug-likeness (QED) is 0.899. The molecule has 0 radical (unpaired) electrons. The van der Waals surface area contributed by atoms with Gasteiger partial charge in [0.2, 0.25) is 0 Å². The first-order valence-corrected chi connectivity index (χ1v) is 7.13. The van der Waals surface area contributed by atoms with Crippen molar-refractivity contribution in [2.24, 2.45) is 0 Å². The van der Waals surface area contributed by atoms with Crippen molar-refractivity contribution in [3.8, 4) is 11.5 Å². The summed E-state index contributed by atoms with van der Waals surface area (Å²) in [7, 11) is 3.37. The molecule has 4 nitrogen and oxygen atoms in total. The summed E-state index contributed by atoms with van der Waals surface area (Å²) >= 11 is 0. The fourth-order valence-corrected chi connectivity index (χ4v) is 2.96. The average Bonchev–Trinajstić information content (AvgIpc) is 2.83. The Hall–Kier alpha value is -1.26. The lowest BCUT2D eigenvalue weighted by Gasteiger charge is -2.31. The van der Waals surface area contributed by atoms with Gasteiger partial charge in [-0.3, -0.25) is 4.90 Å². The first kappa shape index (κ1) is 15.1. The molecule has 20 heavy (non-hydrogen) atoms. The number of methoxy groups -OCH3 is 2. The molecule has 0 amide bonds. The molecule has 1 aromatic carbocycles. The molecule has 0 bridgehead atoms. The fraction of sp³-hybridized carbons (Fsp3) is 0.625. The summed E-state index contributed by atoms with van der Waals surface area (Å²) in [6.45, 7) is 5.38. The number of hydrogen-bond acceptors (Lipinski definition) is 4. The predicted octanol–water partition coefficient (Wildman–Crippen LogP) is 2.61. The van der Waals surface area contributed by atoms with Gasteiger partial charge in [-0.2, -0.15) is 0 Å². The van der Waals surface area contributed by atoms with Gasteiger partial charge in [0, 0.05) is 18.2 Å². The summed E-state index contributed by atoms with van der Waals surface area (Å²) in [5.74, 6) is 1.73. The Morgan fingerprint density at radius 1 is 1.30 bits per heavy atom. The van der Waals surface area contributed by atoms with E-state index in [1.54, 1.807) is 14.2 Å². The molecule has 4 heteroatoms. The van der Waals surface area contributed by atoms with Crippen LogP contribution in [-0.4, -0.2) is 42.9 Å². The number of benzene rings is 1. The van der Waals surface area contributed by atoms with Crippen LogP contribution in [0.1, 0.15) is 38.3 Å². The third-order valence-corrected chi connectivity index (χ3v) is 3.75. The number of hydrogen-bond donors (Lipinski definition) is 1. The summed E-state index contributed by atoms with van der Waals surface area (Å²) in [6, 6.07) is 6.20. The lowest BCUT2D eigenvalue weighted by molar-refractivity contribution is 0.0314. The Morgan fingerprint density at radius 2 is 2.05 bits per heavy atom. The molecule has 1 atom stereocenters. The molecule has 1 saturated heterocycles. The van der Waals surface area contributed by atoms with Gasteiger partial charge in [-0.25, -0.2) is 0 Å². The number of aliphatic hydroxyl groups is 1. The molecule has 0 saturated carbocycles.